The minimum Gasteiger partial charge on any atom is -0.379 e. The van der Waals surface area contributed by atoms with E-state index in [1.165, 1.54) is 0 Å². The third kappa shape index (κ3) is 3.91. The number of ether oxygens (including phenoxy) is 1. The Hall–Kier alpha value is -1.99. The van der Waals surface area contributed by atoms with Crippen LogP contribution in [0.1, 0.15) is 42.2 Å². The standard InChI is InChI=1S/C17H25N5O2/c1-12(2)14-11-20-16-15(21-14)13(10-19-16)17(23)18-4-3-5-22-6-8-24-9-7-22/h10-12H,3-9H2,1-2H3,(H,18,23)(H,19,20). The van der Waals surface area contributed by atoms with Crippen LogP contribution in [-0.2, 0) is 4.74 Å². The Morgan fingerprint density at radius 3 is 2.96 bits per heavy atom. The highest BCUT2D eigenvalue weighted by Gasteiger charge is 2.15. The third-order valence-corrected chi connectivity index (χ3v) is 4.28. The Kier molecular flexibility index (Phi) is 5.42. The predicted molar refractivity (Wildman–Crippen MR) is 92.2 cm³/mol. The molecule has 7 heteroatoms. The van der Waals surface area contributed by atoms with Gasteiger partial charge >= 0.3 is 0 Å². The van der Waals surface area contributed by atoms with E-state index in [4.69, 9.17) is 4.74 Å². The number of aromatic amines is 1. The zero-order valence-corrected chi connectivity index (χ0v) is 14.3. The summed E-state index contributed by atoms with van der Waals surface area (Å²) in [5.41, 5.74) is 2.75. The van der Waals surface area contributed by atoms with Crippen LogP contribution in [0.25, 0.3) is 11.2 Å². The van der Waals surface area contributed by atoms with Crippen molar-refractivity contribution in [3.8, 4) is 0 Å². The molecule has 2 aromatic rings. The van der Waals surface area contributed by atoms with Gasteiger partial charge in [0, 0.05) is 25.8 Å². The number of fused-ring (bicyclic) bond motifs is 1. The van der Waals surface area contributed by atoms with Gasteiger partial charge in [-0.05, 0) is 18.9 Å². The summed E-state index contributed by atoms with van der Waals surface area (Å²) in [6, 6.07) is 0. The summed E-state index contributed by atoms with van der Waals surface area (Å²) in [4.78, 5) is 26.7. The Morgan fingerprint density at radius 2 is 2.21 bits per heavy atom. The monoisotopic (exact) mass is 331 g/mol. The van der Waals surface area contributed by atoms with Crippen LogP contribution in [0.15, 0.2) is 12.4 Å². The van der Waals surface area contributed by atoms with Crippen molar-refractivity contribution >= 4 is 17.1 Å². The second kappa shape index (κ2) is 7.72. The van der Waals surface area contributed by atoms with Crippen LogP contribution in [0, 0.1) is 0 Å². The van der Waals surface area contributed by atoms with Crippen molar-refractivity contribution in [1.29, 1.82) is 0 Å². The minimum absolute atomic E-state index is 0.0987. The van der Waals surface area contributed by atoms with Crippen molar-refractivity contribution in [1.82, 2.24) is 25.2 Å². The van der Waals surface area contributed by atoms with E-state index in [-0.39, 0.29) is 11.8 Å². The first-order chi connectivity index (χ1) is 11.6. The van der Waals surface area contributed by atoms with Gasteiger partial charge in [-0.1, -0.05) is 13.8 Å². The molecular weight excluding hydrogens is 306 g/mol. The Balaban J connectivity index is 1.56. The molecule has 0 atom stereocenters. The summed E-state index contributed by atoms with van der Waals surface area (Å²) in [5.74, 6) is 0.180. The molecule has 0 aromatic carbocycles. The van der Waals surface area contributed by atoms with E-state index in [0.29, 0.717) is 23.3 Å². The van der Waals surface area contributed by atoms with Gasteiger partial charge in [-0.3, -0.25) is 9.69 Å². The van der Waals surface area contributed by atoms with Crippen molar-refractivity contribution < 1.29 is 9.53 Å². The number of carbonyl (C=O) groups is 1. The molecule has 130 valence electrons. The Bertz CT molecular complexity index is 691. The van der Waals surface area contributed by atoms with Crippen LogP contribution in [0.4, 0.5) is 0 Å². The number of nitrogens with one attached hydrogen (secondary N) is 2. The van der Waals surface area contributed by atoms with Gasteiger partial charge in [0.15, 0.2) is 5.65 Å². The smallest absolute Gasteiger partial charge is 0.255 e. The van der Waals surface area contributed by atoms with Crippen LogP contribution in [0.2, 0.25) is 0 Å². The van der Waals surface area contributed by atoms with E-state index < -0.39 is 0 Å². The highest BCUT2D eigenvalue weighted by molar-refractivity contribution is 6.04. The van der Waals surface area contributed by atoms with Crippen molar-refractivity contribution in [2.45, 2.75) is 26.2 Å². The third-order valence-electron chi connectivity index (χ3n) is 4.28. The number of hydrogen-bond acceptors (Lipinski definition) is 5. The van der Waals surface area contributed by atoms with Crippen LogP contribution in [0.5, 0.6) is 0 Å². The zero-order valence-electron chi connectivity index (χ0n) is 14.3. The molecule has 0 aliphatic carbocycles. The fourth-order valence-corrected chi connectivity index (χ4v) is 2.78. The molecule has 1 aliphatic heterocycles. The highest BCUT2D eigenvalue weighted by Crippen LogP contribution is 2.18. The lowest BCUT2D eigenvalue weighted by atomic mass is 10.1. The lowest BCUT2D eigenvalue weighted by molar-refractivity contribution is 0.0374. The van der Waals surface area contributed by atoms with Gasteiger partial charge in [0.2, 0.25) is 0 Å². The fraction of sp³-hybridized carbons (Fsp3) is 0.588. The minimum atomic E-state index is -0.0987. The van der Waals surface area contributed by atoms with Crippen LogP contribution >= 0.6 is 0 Å². The molecule has 24 heavy (non-hydrogen) atoms. The molecule has 2 aromatic heterocycles. The van der Waals surface area contributed by atoms with Crippen LogP contribution < -0.4 is 5.32 Å². The maximum atomic E-state index is 12.4. The molecule has 0 spiro atoms. The van der Waals surface area contributed by atoms with Crippen LogP contribution in [-0.4, -0.2) is 65.2 Å². The second-order valence-corrected chi connectivity index (χ2v) is 6.41. The molecule has 0 bridgehead atoms. The number of aromatic nitrogens is 3. The number of carbonyl (C=O) groups excluding carboxylic acids is 1. The molecule has 1 aliphatic rings. The van der Waals surface area contributed by atoms with Gasteiger partial charge in [0.1, 0.15) is 5.52 Å². The Morgan fingerprint density at radius 1 is 1.42 bits per heavy atom. The quantitative estimate of drug-likeness (QED) is 0.785. The zero-order chi connectivity index (χ0) is 16.9. The average Bonchev–Trinajstić information content (AvgIpc) is 3.02. The van der Waals surface area contributed by atoms with E-state index >= 15 is 0 Å². The van der Waals surface area contributed by atoms with Gasteiger partial charge < -0.3 is 15.0 Å². The first-order valence-corrected chi connectivity index (χ1v) is 8.57. The summed E-state index contributed by atoms with van der Waals surface area (Å²) in [6.07, 6.45) is 4.37. The van der Waals surface area contributed by atoms with Gasteiger partial charge in [0.05, 0.1) is 30.7 Å². The second-order valence-electron chi connectivity index (χ2n) is 6.41. The maximum Gasteiger partial charge on any atom is 0.255 e. The average molecular weight is 331 g/mol. The van der Waals surface area contributed by atoms with Gasteiger partial charge in [-0.25, -0.2) is 9.97 Å². The van der Waals surface area contributed by atoms with E-state index in [2.05, 4.69) is 39.0 Å². The van der Waals surface area contributed by atoms with E-state index in [1.54, 1.807) is 12.4 Å². The number of amides is 1. The molecule has 2 N–H and O–H groups in total. The van der Waals surface area contributed by atoms with E-state index in [9.17, 15) is 4.79 Å². The van der Waals surface area contributed by atoms with Crippen molar-refractivity contribution in [3.05, 3.63) is 23.7 Å². The molecule has 3 heterocycles. The van der Waals surface area contributed by atoms with Crippen molar-refractivity contribution in [2.75, 3.05) is 39.4 Å². The summed E-state index contributed by atoms with van der Waals surface area (Å²) < 4.78 is 5.33. The number of rotatable bonds is 6. The van der Waals surface area contributed by atoms with Crippen molar-refractivity contribution in [3.63, 3.8) is 0 Å². The number of hydrogen-bond donors (Lipinski definition) is 2. The molecular formula is C17H25N5O2. The predicted octanol–water partition coefficient (Wildman–Crippen LogP) is 1.53. The maximum absolute atomic E-state index is 12.4. The SMILES string of the molecule is CC(C)c1cnc2[nH]cc(C(=O)NCCCN3CCOCC3)c2n1. The number of nitrogens with zero attached hydrogens (tertiary/aromatic N) is 3. The summed E-state index contributed by atoms with van der Waals surface area (Å²) >= 11 is 0. The fourth-order valence-electron chi connectivity index (χ4n) is 2.78. The molecule has 1 fully saturated rings. The lowest BCUT2D eigenvalue weighted by Gasteiger charge is -2.26. The molecule has 7 nitrogen and oxygen atoms in total. The van der Waals surface area contributed by atoms with Gasteiger partial charge in [-0.2, -0.15) is 0 Å². The molecule has 3 rings (SSSR count). The molecule has 1 amide bonds. The number of H-pyrrole nitrogens is 1. The van der Waals surface area contributed by atoms with E-state index in [0.717, 1.165) is 45.0 Å². The number of morpholine rings is 1. The first-order valence-electron chi connectivity index (χ1n) is 8.57. The van der Waals surface area contributed by atoms with Crippen LogP contribution in [0.3, 0.4) is 0 Å². The summed E-state index contributed by atoms with van der Waals surface area (Å²) in [7, 11) is 0. The van der Waals surface area contributed by atoms with E-state index in [1.807, 2.05) is 0 Å². The largest absolute Gasteiger partial charge is 0.379 e. The van der Waals surface area contributed by atoms with Gasteiger partial charge in [-0.15, -0.1) is 0 Å². The lowest BCUT2D eigenvalue weighted by Crippen LogP contribution is -2.38. The topological polar surface area (TPSA) is 83.1 Å². The highest BCUT2D eigenvalue weighted by atomic mass is 16.5. The first kappa shape index (κ1) is 16.9. The van der Waals surface area contributed by atoms with Gasteiger partial charge in [0.25, 0.3) is 5.91 Å². The molecule has 1 saturated heterocycles. The molecule has 0 radical (unpaired) electrons. The normalized spacial score (nSPS) is 16.0. The van der Waals surface area contributed by atoms with Crippen molar-refractivity contribution in [2.24, 2.45) is 0 Å². The molecule has 0 saturated carbocycles. The Labute approximate surface area is 141 Å². The molecule has 0 unspecified atom stereocenters. The summed E-state index contributed by atoms with van der Waals surface area (Å²) in [5, 5.41) is 2.98. The summed E-state index contributed by atoms with van der Waals surface area (Å²) in [6.45, 7) is 9.32.